The van der Waals surface area contributed by atoms with Crippen molar-refractivity contribution in [1.82, 2.24) is 0 Å². The highest BCUT2D eigenvalue weighted by Crippen LogP contribution is 2.29. The Morgan fingerprint density at radius 3 is 2.47 bits per heavy atom. The number of rotatable bonds is 6. The fourth-order valence-electron chi connectivity index (χ4n) is 3.34. The minimum atomic E-state index is -0.364. The maximum absolute atomic E-state index is 13.0. The van der Waals surface area contributed by atoms with E-state index in [1.807, 2.05) is 67.6 Å². The van der Waals surface area contributed by atoms with Crippen LogP contribution < -0.4 is 15.0 Å². The maximum Gasteiger partial charge on any atom is 0.279 e. The van der Waals surface area contributed by atoms with Gasteiger partial charge in [-0.05, 0) is 55.0 Å². The van der Waals surface area contributed by atoms with E-state index < -0.39 is 0 Å². The molecule has 4 rings (SSSR count). The Morgan fingerprint density at radius 2 is 1.75 bits per heavy atom. The number of fused-ring (bicyclic) bond motifs is 1. The van der Waals surface area contributed by atoms with E-state index in [1.54, 1.807) is 25.5 Å². The predicted octanol–water partition coefficient (Wildman–Crippen LogP) is 3.81. The lowest BCUT2D eigenvalue weighted by Crippen LogP contribution is -2.37. The molecular formula is C25H22N4O3. The Kier molecular flexibility index (Phi) is 6.07. The quantitative estimate of drug-likeness (QED) is 0.481. The first-order valence-electron chi connectivity index (χ1n) is 10.1. The topological polar surface area (TPSA) is 83.4 Å². The molecule has 32 heavy (non-hydrogen) atoms. The molecule has 7 heteroatoms. The summed E-state index contributed by atoms with van der Waals surface area (Å²) in [5.74, 6) is 0.0880. The van der Waals surface area contributed by atoms with Gasteiger partial charge in [0.2, 0.25) is 5.91 Å². The Hall–Kier alpha value is -4.26. The second-order valence-electron chi connectivity index (χ2n) is 7.29. The van der Waals surface area contributed by atoms with Gasteiger partial charge in [0.15, 0.2) is 5.71 Å². The maximum atomic E-state index is 13.0. The van der Waals surface area contributed by atoms with E-state index in [-0.39, 0.29) is 24.1 Å². The van der Waals surface area contributed by atoms with Crippen molar-refractivity contribution in [2.45, 2.75) is 6.92 Å². The van der Waals surface area contributed by atoms with Crippen LogP contribution in [0.25, 0.3) is 0 Å². The van der Waals surface area contributed by atoms with Crippen molar-refractivity contribution in [2.24, 2.45) is 10.2 Å². The van der Waals surface area contributed by atoms with E-state index in [2.05, 4.69) is 15.5 Å². The first kappa shape index (κ1) is 21.0. The molecule has 0 radical (unpaired) electrons. The number of carbonyl (C=O) groups is 2. The van der Waals surface area contributed by atoms with Crippen LogP contribution in [-0.4, -0.2) is 37.4 Å². The second-order valence-corrected chi connectivity index (χ2v) is 7.29. The minimum Gasteiger partial charge on any atom is -0.497 e. The van der Waals surface area contributed by atoms with Crippen molar-refractivity contribution in [3.05, 3.63) is 89.5 Å². The Morgan fingerprint density at radius 1 is 1.03 bits per heavy atom. The normalized spacial score (nSPS) is 14.1. The molecule has 7 nitrogen and oxygen atoms in total. The van der Waals surface area contributed by atoms with Crippen molar-refractivity contribution >= 4 is 35.1 Å². The largest absolute Gasteiger partial charge is 0.497 e. The smallest absolute Gasteiger partial charge is 0.279 e. The van der Waals surface area contributed by atoms with Gasteiger partial charge in [-0.25, -0.2) is 0 Å². The number of methoxy groups -OCH3 is 1. The number of anilines is 2. The number of hydrogen-bond donors (Lipinski definition) is 1. The Labute approximate surface area is 186 Å². The van der Waals surface area contributed by atoms with Crippen LogP contribution >= 0.6 is 0 Å². The fraction of sp³-hybridized carbons (Fsp3) is 0.120. The number of aryl methyl sites for hydroxylation is 1. The summed E-state index contributed by atoms with van der Waals surface area (Å²) in [6.07, 6.45) is 1.56. The number of para-hydroxylation sites is 1. The Balaban J connectivity index is 1.52. The first-order chi connectivity index (χ1) is 15.5. The van der Waals surface area contributed by atoms with Gasteiger partial charge in [-0.3, -0.25) is 14.5 Å². The standard InChI is InChI=1S/C25H22N4O3/c1-17-7-11-19(12-8-17)27-23(30)16-29-22-6-4-3-5-21(22)24(25(29)31)28-26-15-18-9-13-20(32-2)14-10-18/h3-15H,16H2,1-2H3,(H,27,30)/b26-15+,28-24-. The molecule has 0 saturated carbocycles. The molecule has 0 bridgehead atoms. The van der Waals surface area contributed by atoms with Gasteiger partial charge in [0.25, 0.3) is 5.91 Å². The molecule has 0 atom stereocenters. The number of nitrogens with zero attached hydrogens (tertiary/aromatic N) is 3. The summed E-state index contributed by atoms with van der Waals surface area (Å²) in [5, 5.41) is 11.1. The van der Waals surface area contributed by atoms with Crippen LogP contribution in [-0.2, 0) is 9.59 Å². The van der Waals surface area contributed by atoms with Crippen molar-refractivity contribution in [3.63, 3.8) is 0 Å². The number of carbonyl (C=O) groups excluding carboxylic acids is 2. The third-order valence-electron chi connectivity index (χ3n) is 5.02. The molecule has 0 spiro atoms. The van der Waals surface area contributed by atoms with E-state index in [0.717, 1.165) is 16.9 Å². The fourth-order valence-corrected chi connectivity index (χ4v) is 3.34. The summed E-state index contributed by atoms with van der Waals surface area (Å²) in [7, 11) is 1.60. The number of ether oxygens (including phenoxy) is 1. The van der Waals surface area contributed by atoms with Crippen LogP contribution in [0.4, 0.5) is 11.4 Å². The Bertz CT molecular complexity index is 1200. The molecule has 1 heterocycles. The third-order valence-corrected chi connectivity index (χ3v) is 5.02. The van der Waals surface area contributed by atoms with Gasteiger partial charge in [0.1, 0.15) is 12.3 Å². The van der Waals surface area contributed by atoms with Crippen LogP contribution in [0.15, 0.2) is 83.0 Å². The zero-order chi connectivity index (χ0) is 22.5. The minimum absolute atomic E-state index is 0.120. The lowest BCUT2D eigenvalue weighted by Gasteiger charge is -2.16. The lowest BCUT2D eigenvalue weighted by atomic mass is 10.1. The van der Waals surface area contributed by atoms with E-state index in [4.69, 9.17) is 4.74 Å². The molecule has 2 amide bonds. The molecule has 1 aliphatic heterocycles. The van der Waals surface area contributed by atoms with E-state index >= 15 is 0 Å². The number of nitrogens with one attached hydrogen (secondary N) is 1. The predicted molar refractivity (Wildman–Crippen MR) is 126 cm³/mol. The average Bonchev–Trinajstić information content (AvgIpc) is 3.07. The van der Waals surface area contributed by atoms with Crippen LogP contribution in [0.3, 0.4) is 0 Å². The molecule has 0 unspecified atom stereocenters. The van der Waals surface area contributed by atoms with Gasteiger partial charge in [-0.15, -0.1) is 5.10 Å². The first-order valence-corrected chi connectivity index (χ1v) is 10.1. The lowest BCUT2D eigenvalue weighted by molar-refractivity contribution is -0.118. The molecule has 1 N–H and O–H groups in total. The van der Waals surface area contributed by atoms with E-state index in [0.29, 0.717) is 16.9 Å². The third kappa shape index (κ3) is 4.57. The molecule has 3 aromatic carbocycles. The van der Waals surface area contributed by atoms with Crippen molar-refractivity contribution in [2.75, 3.05) is 23.9 Å². The molecule has 0 aliphatic carbocycles. The molecule has 3 aromatic rings. The van der Waals surface area contributed by atoms with Gasteiger partial charge in [0.05, 0.1) is 19.0 Å². The monoisotopic (exact) mass is 426 g/mol. The van der Waals surface area contributed by atoms with Gasteiger partial charge in [-0.2, -0.15) is 5.10 Å². The second kappa shape index (κ2) is 9.26. The van der Waals surface area contributed by atoms with Crippen LogP contribution in [0.1, 0.15) is 16.7 Å². The van der Waals surface area contributed by atoms with Crippen LogP contribution in [0.2, 0.25) is 0 Å². The highest BCUT2D eigenvalue weighted by atomic mass is 16.5. The van der Waals surface area contributed by atoms with Gasteiger partial charge in [0, 0.05) is 11.3 Å². The zero-order valence-electron chi connectivity index (χ0n) is 17.8. The number of benzene rings is 3. The molecule has 1 aliphatic rings. The zero-order valence-corrected chi connectivity index (χ0v) is 17.8. The molecule has 0 fully saturated rings. The summed E-state index contributed by atoms with van der Waals surface area (Å²) in [6.45, 7) is 1.86. The summed E-state index contributed by atoms with van der Waals surface area (Å²) in [6, 6.07) is 22.0. The highest BCUT2D eigenvalue weighted by molar-refractivity contribution is 6.54. The average molecular weight is 426 g/mol. The molecule has 0 aromatic heterocycles. The molecule has 0 saturated heterocycles. The number of amides is 2. The van der Waals surface area contributed by atoms with Gasteiger partial charge in [-0.1, -0.05) is 35.9 Å². The van der Waals surface area contributed by atoms with E-state index in [1.165, 1.54) is 4.90 Å². The van der Waals surface area contributed by atoms with Gasteiger partial charge < -0.3 is 10.1 Å². The highest BCUT2D eigenvalue weighted by Gasteiger charge is 2.35. The van der Waals surface area contributed by atoms with Crippen molar-refractivity contribution in [1.29, 1.82) is 0 Å². The van der Waals surface area contributed by atoms with Crippen molar-refractivity contribution in [3.8, 4) is 5.75 Å². The number of hydrogen-bond acceptors (Lipinski definition) is 5. The van der Waals surface area contributed by atoms with Crippen molar-refractivity contribution < 1.29 is 14.3 Å². The summed E-state index contributed by atoms with van der Waals surface area (Å²) >= 11 is 0. The summed E-state index contributed by atoms with van der Waals surface area (Å²) in [5.41, 5.74) is 4.08. The molecular weight excluding hydrogens is 404 g/mol. The summed E-state index contributed by atoms with van der Waals surface area (Å²) < 4.78 is 5.14. The summed E-state index contributed by atoms with van der Waals surface area (Å²) in [4.78, 5) is 27.0. The molecule has 160 valence electrons. The van der Waals surface area contributed by atoms with E-state index in [9.17, 15) is 9.59 Å². The van der Waals surface area contributed by atoms with Crippen LogP contribution in [0.5, 0.6) is 5.75 Å². The van der Waals surface area contributed by atoms with Crippen LogP contribution in [0, 0.1) is 6.92 Å². The SMILES string of the molecule is COc1ccc(/C=N/N=C2\C(=O)N(CC(=O)Nc3ccc(C)cc3)c3ccccc32)cc1. The van der Waals surface area contributed by atoms with Gasteiger partial charge >= 0.3 is 0 Å².